The highest BCUT2D eigenvalue weighted by atomic mass is 32.1. The van der Waals surface area contributed by atoms with E-state index in [-0.39, 0.29) is 17.5 Å². The van der Waals surface area contributed by atoms with Gasteiger partial charge in [-0.3, -0.25) is 9.59 Å². The monoisotopic (exact) mass is 390 g/mol. The summed E-state index contributed by atoms with van der Waals surface area (Å²) in [6.45, 7) is 10.5. The maximum Gasteiger partial charge on any atom is 0.257 e. The van der Waals surface area contributed by atoms with Crippen molar-refractivity contribution in [2.75, 3.05) is 18.4 Å². The van der Waals surface area contributed by atoms with E-state index in [4.69, 9.17) is 0 Å². The van der Waals surface area contributed by atoms with Gasteiger partial charge in [-0.1, -0.05) is 19.9 Å². The van der Waals surface area contributed by atoms with Crippen molar-refractivity contribution in [3.63, 3.8) is 0 Å². The molecule has 0 atom stereocenters. The highest BCUT2D eigenvalue weighted by Gasteiger charge is 2.28. The number of hydrogen-bond donors (Lipinski definition) is 1. The zero-order valence-electron chi connectivity index (χ0n) is 16.6. The smallest absolute Gasteiger partial charge is 0.257 e. The van der Waals surface area contributed by atoms with Crippen LogP contribution in [0.5, 0.6) is 0 Å². The van der Waals surface area contributed by atoms with Gasteiger partial charge < -0.3 is 10.2 Å². The Morgan fingerprint density at radius 1 is 1.15 bits per heavy atom. The number of amides is 1. The van der Waals surface area contributed by atoms with Crippen LogP contribution in [0.2, 0.25) is 0 Å². The Kier molecular flexibility index (Phi) is 7.13. The molecule has 0 saturated carbocycles. The van der Waals surface area contributed by atoms with Gasteiger partial charge in [-0.2, -0.15) is 0 Å². The second-order valence-corrected chi connectivity index (χ2v) is 7.44. The molecule has 6 heteroatoms. The lowest BCUT2D eigenvalue weighted by Crippen LogP contribution is -2.28. The third-order valence-electron chi connectivity index (χ3n) is 4.45. The summed E-state index contributed by atoms with van der Waals surface area (Å²) in [5.74, 6) is -0.556. The Hall–Kier alpha value is -2.21. The van der Waals surface area contributed by atoms with Gasteiger partial charge in [0.05, 0.1) is 16.1 Å². The highest BCUT2D eigenvalue weighted by molar-refractivity contribution is 7.18. The first-order valence-corrected chi connectivity index (χ1v) is 10.2. The largest absolute Gasteiger partial charge is 0.344 e. The summed E-state index contributed by atoms with van der Waals surface area (Å²) < 4.78 is 14.2. The molecule has 1 fully saturated rings. The summed E-state index contributed by atoms with van der Waals surface area (Å²) in [4.78, 5) is 27.2. The fourth-order valence-corrected chi connectivity index (χ4v) is 4.22. The van der Waals surface area contributed by atoms with Crippen molar-refractivity contribution >= 4 is 33.7 Å². The number of likely N-dealkylation sites (tertiary alicyclic amines) is 1. The van der Waals surface area contributed by atoms with Gasteiger partial charge in [0, 0.05) is 13.1 Å². The van der Waals surface area contributed by atoms with Crippen molar-refractivity contribution in [3.8, 4) is 0 Å². The lowest BCUT2D eigenvalue weighted by Gasteiger charge is -2.17. The first-order valence-electron chi connectivity index (χ1n) is 9.35. The Labute approximate surface area is 164 Å². The topological polar surface area (TPSA) is 49.4 Å². The number of carbonyl (C=O) groups excluding carboxylic acids is 2. The summed E-state index contributed by atoms with van der Waals surface area (Å²) in [6, 6.07) is 4.90. The van der Waals surface area contributed by atoms with Gasteiger partial charge in [-0.25, -0.2) is 4.39 Å². The lowest BCUT2D eigenvalue weighted by molar-refractivity contribution is 0.0793. The number of ketones is 1. The number of nitrogens with zero attached hydrogens (tertiary/aromatic N) is 1. The maximum absolute atomic E-state index is 14.2. The number of benzene rings is 1. The fourth-order valence-electron chi connectivity index (χ4n) is 3.12. The molecule has 1 aromatic carbocycles. The molecule has 1 saturated heterocycles. The van der Waals surface area contributed by atoms with Crippen LogP contribution in [0.25, 0.3) is 0 Å². The zero-order chi connectivity index (χ0) is 20.1. The Morgan fingerprint density at radius 3 is 2.33 bits per heavy atom. The third kappa shape index (κ3) is 4.56. The van der Waals surface area contributed by atoms with E-state index in [1.165, 1.54) is 24.3 Å². The van der Waals surface area contributed by atoms with E-state index < -0.39 is 0 Å². The van der Waals surface area contributed by atoms with E-state index in [0.29, 0.717) is 26.7 Å². The average molecular weight is 391 g/mol. The number of thiophene rings is 1. The number of carbonyl (C=O) groups is 2. The molecular formula is C21H27FN2O2S. The van der Waals surface area contributed by atoms with E-state index in [9.17, 15) is 14.0 Å². The SMILES string of the molecule is CC.CC(=O)c1sc(Nc2ccc(C)cc2F)c(C(=O)N2CCCC2)c1C. The van der Waals surface area contributed by atoms with Gasteiger partial charge in [0.2, 0.25) is 0 Å². The van der Waals surface area contributed by atoms with Crippen LogP contribution in [-0.4, -0.2) is 29.7 Å². The second kappa shape index (κ2) is 9.13. The van der Waals surface area contributed by atoms with E-state index >= 15 is 0 Å². The number of anilines is 2. The number of halogens is 1. The van der Waals surface area contributed by atoms with Crippen LogP contribution in [0.1, 0.15) is 64.8 Å². The lowest BCUT2D eigenvalue weighted by atomic mass is 10.1. The molecule has 1 amide bonds. The summed E-state index contributed by atoms with van der Waals surface area (Å²) >= 11 is 1.21. The molecule has 1 aromatic heterocycles. The van der Waals surface area contributed by atoms with E-state index in [0.717, 1.165) is 31.5 Å². The van der Waals surface area contributed by atoms with Crippen LogP contribution >= 0.6 is 11.3 Å². The van der Waals surface area contributed by atoms with E-state index in [1.807, 2.05) is 20.8 Å². The summed E-state index contributed by atoms with van der Waals surface area (Å²) in [5, 5.41) is 3.56. The minimum atomic E-state index is -0.380. The zero-order valence-corrected chi connectivity index (χ0v) is 17.4. The van der Waals surface area contributed by atoms with Gasteiger partial charge in [0.25, 0.3) is 5.91 Å². The molecule has 0 bridgehead atoms. The number of nitrogens with one attached hydrogen (secondary N) is 1. The number of hydrogen-bond acceptors (Lipinski definition) is 4. The molecule has 4 nitrogen and oxygen atoms in total. The number of aryl methyl sites for hydroxylation is 1. The number of Topliss-reactive ketones (excluding diaryl/α,β-unsaturated/α-hetero) is 1. The van der Waals surface area contributed by atoms with Crippen LogP contribution in [-0.2, 0) is 0 Å². The molecule has 27 heavy (non-hydrogen) atoms. The molecular weight excluding hydrogens is 363 g/mol. The number of rotatable bonds is 4. The van der Waals surface area contributed by atoms with Crippen molar-refractivity contribution in [3.05, 3.63) is 45.6 Å². The molecule has 0 radical (unpaired) electrons. The molecule has 0 unspecified atom stereocenters. The van der Waals surface area contributed by atoms with Crippen LogP contribution in [0.3, 0.4) is 0 Å². The fraction of sp³-hybridized carbons (Fsp3) is 0.429. The molecule has 0 aliphatic carbocycles. The van der Waals surface area contributed by atoms with Gasteiger partial charge in [0.15, 0.2) is 5.78 Å². The molecule has 2 heterocycles. The minimum Gasteiger partial charge on any atom is -0.344 e. The third-order valence-corrected chi connectivity index (χ3v) is 5.75. The van der Waals surface area contributed by atoms with Crippen LogP contribution in [0.4, 0.5) is 15.1 Å². The van der Waals surface area contributed by atoms with Crippen molar-refractivity contribution in [1.82, 2.24) is 4.90 Å². The predicted octanol–water partition coefficient (Wildman–Crippen LogP) is 5.71. The molecule has 1 aliphatic rings. The van der Waals surface area contributed by atoms with Crippen molar-refractivity contribution in [2.24, 2.45) is 0 Å². The molecule has 1 N–H and O–H groups in total. The molecule has 0 spiro atoms. The standard InChI is InChI=1S/C19H21FN2O2S.C2H6/c1-11-6-7-15(14(20)10-11)21-18-16(12(2)17(25-18)13(3)23)19(24)22-8-4-5-9-22;1-2/h6-7,10,21H,4-5,8-9H2,1-3H3;1-2H3. The Bertz CT molecular complexity index is 839. The van der Waals surface area contributed by atoms with Gasteiger partial charge in [-0.05, 0) is 56.9 Å². The molecule has 146 valence electrons. The first kappa shape index (κ1) is 21.1. The predicted molar refractivity (Wildman–Crippen MR) is 110 cm³/mol. The molecule has 3 rings (SSSR count). The van der Waals surface area contributed by atoms with Gasteiger partial charge >= 0.3 is 0 Å². The van der Waals surface area contributed by atoms with E-state index in [2.05, 4.69) is 5.32 Å². The normalized spacial score (nSPS) is 13.2. The van der Waals surface area contributed by atoms with E-state index in [1.54, 1.807) is 24.0 Å². The molecule has 1 aliphatic heterocycles. The van der Waals surface area contributed by atoms with Crippen LogP contribution in [0.15, 0.2) is 18.2 Å². The van der Waals surface area contributed by atoms with Gasteiger partial charge in [0.1, 0.15) is 10.8 Å². The highest BCUT2D eigenvalue weighted by Crippen LogP contribution is 2.37. The summed E-state index contributed by atoms with van der Waals surface area (Å²) in [5.41, 5.74) is 2.28. The van der Waals surface area contributed by atoms with Crippen LogP contribution in [0, 0.1) is 19.7 Å². The van der Waals surface area contributed by atoms with Crippen molar-refractivity contribution in [2.45, 2.75) is 47.5 Å². The van der Waals surface area contributed by atoms with Crippen molar-refractivity contribution < 1.29 is 14.0 Å². The maximum atomic E-state index is 14.2. The second-order valence-electron chi connectivity index (χ2n) is 6.42. The quantitative estimate of drug-likeness (QED) is 0.680. The minimum absolute atomic E-state index is 0.0876. The van der Waals surface area contributed by atoms with Gasteiger partial charge in [-0.15, -0.1) is 11.3 Å². The van der Waals surface area contributed by atoms with Crippen LogP contribution < -0.4 is 5.32 Å². The average Bonchev–Trinajstić information content (AvgIpc) is 3.27. The molecule has 2 aromatic rings. The summed E-state index contributed by atoms with van der Waals surface area (Å²) in [6.07, 6.45) is 1.98. The summed E-state index contributed by atoms with van der Waals surface area (Å²) in [7, 11) is 0. The Balaban J connectivity index is 0.00000126. The first-order chi connectivity index (χ1) is 12.9. The Morgan fingerprint density at radius 2 is 1.78 bits per heavy atom. The van der Waals surface area contributed by atoms with Crippen molar-refractivity contribution in [1.29, 1.82) is 0 Å².